The first kappa shape index (κ1) is 26.8. The number of rotatable bonds is 11. The van der Waals surface area contributed by atoms with Gasteiger partial charge in [0, 0.05) is 49.1 Å². The first-order valence-corrected chi connectivity index (χ1v) is 13.9. The highest BCUT2D eigenvalue weighted by molar-refractivity contribution is 5.87. The molecule has 1 atom stereocenters. The Morgan fingerprint density at radius 2 is 1.69 bits per heavy atom. The van der Waals surface area contributed by atoms with Crippen molar-refractivity contribution in [3.05, 3.63) is 95.2 Å². The quantitative estimate of drug-likeness (QED) is 0.271. The molecule has 1 fully saturated rings. The molecule has 1 saturated heterocycles. The molecular formula is C33H39N3O3. The lowest BCUT2D eigenvalue weighted by molar-refractivity contribution is -0.121. The summed E-state index contributed by atoms with van der Waals surface area (Å²) >= 11 is 0. The Bertz CT molecular complexity index is 1400. The first-order valence-electron chi connectivity index (χ1n) is 13.9. The van der Waals surface area contributed by atoms with Crippen LogP contribution in [0.5, 0.6) is 11.5 Å². The lowest BCUT2D eigenvalue weighted by Gasteiger charge is -2.20. The molecule has 0 spiro atoms. The predicted molar refractivity (Wildman–Crippen MR) is 157 cm³/mol. The van der Waals surface area contributed by atoms with E-state index in [2.05, 4.69) is 82.5 Å². The van der Waals surface area contributed by atoms with Crippen LogP contribution in [0.3, 0.4) is 0 Å². The van der Waals surface area contributed by atoms with Crippen molar-refractivity contribution in [2.45, 2.75) is 38.6 Å². The van der Waals surface area contributed by atoms with Crippen molar-refractivity contribution in [1.29, 1.82) is 0 Å². The molecule has 0 aliphatic carbocycles. The van der Waals surface area contributed by atoms with Crippen LogP contribution in [0.4, 0.5) is 0 Å². The second-order valence-corrected chi connectivity index (χ2v) is 10.5. The van der Waals surface area contributed by atoms with Crippen LogP contribution >= 0.6 is 0 Å². The summed E-state index contributed by atoms with van der Waals surface area (Å²) in [6, 6.07) is 23.1. The summed E-state index contributed by atoms with van der Waals surface area (Å²) in [6.45, 7) is 6.71. The van der Waals surface area contributed by atoms with Gasteiger partial charge in [-0.3, -0.25) is 4.79 Å². The number of amides is 1. The molecule has 0 saturated carbocycles. The van der Waals surface area contributed by atoms with E-state index < -0.39 is 0 Å². The number of aryl methyl sites for hydroxylation is 1. The van der Waals surface area contributed by atoms with Gasteiger partial charge >= 0.3 is 0 Å². The number of likely N-dealkylation sites (tertiary alicyclic amines) is 1. The molecule has 1 aromatic heterocycles. The lowest BCUT2D eigenvalue weighted by Crippen LogP contribution is -2.34. The van der Waals surface area contributed by atoms with Gasteiger partial charge in [-0.05, 0) is 67.7 Å². The molecule has 204 valence electrons. The van der Waals surface area contributed by atoms with Gasteiger partial charge in [0.15, 0.2) is 11.5 Å². The Kier molecular flexibility index (Phi) is 8.52. The number of nitrogens with zero attached hydrogens (tertiary/aromatic N) is 2. The number of nitrogens with one attached hydrogen (secondary N) is 1. The number of ether oxygens (including phenoxy) is 2. The Morgan fingerprint density at radius 1 is 0.949 bits per heavy atom. The fraction of sp³-hybridized carbons (Fsp3) is 0.364. The van der Waals surface area contributed by atoms with Gasteiger partial charge in [0.1, 0.15) is 0 Å². The summed E-state index contributed by atoms with van der Waals surface area (Å²) in [5, 5.41) is 4.35. The van der Waals surface area contributed by atoms with E-state index in [0.717, 1.165) is 48.2 Å². The number of hydrogen-bond donors (Lipinski definition) is 1. The van der Waals surface area contributed by atoms with Crippen molar-refractivity contribution >= 4 is 16.8 Å². The van der Waals surface area contributed by atoms with Gasteiger partial charge in [0.2, 0.25) is 5.91 Å². The largest absolute Gasteiger partial charge is 0.493 e. The van der Waals surface area contributed by atoms with E-state index in [4.69, 9.17) is 9.47 Å². The van der Waals surface area contributed by atoms with Gasteiger partial charge in [0.05, 0.1) is 14.2 Å². The molecule has 1 aliphatic heterocycles. The van der Waals surface area contributed by atoms with Crippen molar-refractivity contribution in [1.82, 2.24) is 14.8 Å². The van der Waals surface area contributed by atoms with E-state index in [1.165, 1.54) is 24.0 Å². The second kappa shape index (κ2) is 12.4. The van der Waals surface area contributed by atoms with Crippen LogP contribution in [0.1, 0.15) is 47.4 Å². The van der Waals surface area contributed by atoms with Crippen LogP contribution < -0.4 is 14.8 Å². The molecule has 6 nitrogen and oxygen atoms in total. The van der Waals surface area contributed by atoms with Crippen molar-refractivity contribution in [3.63, 3.8) is 0 Å². The number of benzene rings is 3. The smallest absolute Gasteiger partial charge is 0.220 e. The van der Waals surface area contributed by atoms with E-state index in [1.807, 2.05) is 12.1 Å². The van der Waals surface area contributed by atoms with Crippen LogP contribution in [0.25, 0.3) is 10.9 Å². The number of hydrogen-bond acceptors (Lipinski definition) is 4. The molecule has 0 unspecified atom stereocenters. The molecule has 1 N–H and O–H groups in total. The highest BCUT2D eigenvalue weighted by atomic mass is 16.5. The highest BCUT2D eigenvalue weighted by Crippen LogP contribution is 2.38. The summed E-state index contributed by atoms with van der Waals surface area (Å²) in [4.78, 5) is 15.7. The molecule has 3 aromatic carbocycles. The zero-order valence-electron chi connectivity index (χ0n) is 23.3. The van der Waals surface area contributed by atoms with Gasteiger partial charge in [0.25, 0.3) is 0 Å². The van der Waals surface area contributed by atoms with Crippen molar-refractivity contribution in [2.75, 3.05) is 40.4 Å². The molecule has 5 rings (SSSR count). The maximum Gasteiger partial charge on any atom is 0.220 e. The number of aromatic nitrogens is 1. The lowest BCUT2D eigenvalue weighted by atomic mass is 9.87. The van der Waals surface area contributed by atoms with Crippen LogP contribution in [0.15, 0.2) is 72.9 Å². The number of carbonyl (C=O) groups is 1. The van der Waals surface area contributed by atoms with Crippen LogP contribution in [0.2, 0.25) is 0 Å². The first-order chi connectivity index (χ1) is 19.1. The molecule has 0 bridgehead atoms. The van der Waals surface area contributed by atoms with Crippen molar-refractivity contribution < 1.29 is 14.3 Å². The summed E-state index contributed by atoms with van der Waals surface area (Å²) < 4.78 is 13.4. The average Bonchev–Trinajstić information content (AvgIpc) is 3.61. The third-order valence-electron chi connectivity index (χ3n) is 7.82. The van der Waals surface area contributed by atoms with E-state index in [0.29, 0.717) is 24.5 Å². The van der Waals surface area contributed by atoms with Gasteiger partial charge in [-0.2, -0.15) is 0 Å². The molecule has 1 aliphatic rings. The van der Waals surface area contributed by atoms with Crippen molar-refractivity contribution in [3.8, 4) is 11.5 Å². The normalized spacial score (nSPS) is 14.4. The highest BCUT2D eigenvalue weighted by Gasteiger charge is 2.24. The number of methoxy groups -OCH3 is 2. The monoisotopic (exact) mass is 525 g/mol. The maximum absolute atomic E-state index is 13.3. The Hall–Kier alpha value is -3.77. The minimum atomic E-state index is -0.138. The Morgan fingerprint density at radius 3 is 2.44 bits per heavy atom. The van der Waals surface area contributed by atoms with Gasteiger partial charge in [-0.25, -0.2) is 0 Å². The molecule has 39 heavy (non-hydrogen) atoms. The molecule has 1 amide bonds. The number of para-hydroxylation sites is 1. The summed E-state index contributed by atoms with van der Waals surface area (Å²) in [7, 11) is 3.29. The third kappa shape index (κ3) is 6.28. The second-order valence-electron chi connectivity index (χ2n) is 10.5. The SMILES string of the molecule is COc1ccc([C@@H](CC(=O)NCCN2CCCC2)c2cn(Cc3ccc(C)cc3)c3ccccc23)cc1OC. The molecule has 0 radical (unpaired) electrons. The number of fused-ring (bicyclic) bond motifs is 1. The fourth-order valence-corrected chi connectivity index (χ4v) is 5.67. The zero-order valence-corrected chi connectivity index (χ0v) is 23.3. The Balaban J connectivity index is 1.48. The standard InChI is InChI=1S/C33H39N3O3/c1-24-10-12-25(13-11-24)22-36-23-29(27-8-4-5-9-30(27)36)28(26-14-15-31(38-2)32(20-26)39-3)21-33(37)34-16-19-35-17-6-7-18-35/h4-5,8-15,20,23,28H,6-7,16-19,21-22H2,1-3H3,(H,34,37)/t28-/m1/s1. The maximum atomic E-state index is 13.3. The van der Waals surface area contributed by atoms with Crippen molar-refractivity contribution in [2.24, 2.45) is 0 Å². The topological polar surface area (TPSA) is 55.7 Å². The third-order valence-corrected chi connectivity index (χ3v) is 7.82. The van der Waals surface area contributed by atoms with Crippen LogP contribution in [-0.2, 0) is 11.3 Å². The average molecular weight is 526 g/mol. The van der Waals surface area contributed by atoms with Gasteiger partial charge in [-0.1, -0.05) is 54.1 Å². The predicted octanol–water partition coefficient (Wildman–Crippen LogP) is 5.75. The summed E-state index contributed by atoms with van der Waals surface area (Å²) in [5.41, 5.74) is 5.82. The molecule has 6 heteroatoms. The molecule has 4 aromatic rings. The summed E-state index contributed by atoms with van der Waals surface area (Å²) in [5.74, 6) is 1.26. The molecule has 2 heterocycles. The Labute approximate surface area is 231 Å². The van der Waals surface area contributed by atoms with E-state index in [-0.39, 0.29) is 11.8 Å². The minimum absolute atomic E-state index is 0.0596. The van der Waals surface area contributed by atoms with E-state index in [9.17, 15) is 4.79 Å². The number of carbonyl (C=O) groups excluding carboxylic acids is 1. The molecular weight excluding hydrogens is 486 g/mol. The zero-order chi connectivity index (χ0) is 27.2. The summed E-state index contributed by atoms with van der Waals surface area (Å²) in [6.07, 6.45) is 5.08. The fourth-order valence-electron chi connectivity index (χ4n) is 5.67. The van der Waals surface area contributed by atoms with Gasteiger partial charge < -0.3 is 24.3 Å². The minimum Gasteiger partial charge on any atom is -0.493 e. The van der Waals surface area contributed by atoms with Crippen LogP contribution in [-0.4, -0.2) is 55.8 Å². The van der Waals surface area contributed by atoms with E-state index >= 15 is 0 Å². The van der Waals surface area contributed by atoms with Gasteiger partial charge in [-0.15, -0.1) is 0 Å². The van der Waals surface area contributed by atoms with Crippen LogP contribution in [0, 0.1) is 6.92 Å². The van der Waals surface area contributed by atoms with E-state index in [1.54, 1.807) is 14.2 Å².